The number of aromatic nitrogens is 2. The molecule has 1 N–H and O–H groups in total. The van der Waals surface area contributed by atoms with Crippen LogP contribution < -0.4 is 5.32 Å². The standard InChI is InChI=1S/C14H17N3OS/c1-2-6-11(7-3-1)19-10-13-16-14(17-18-13)12-8-4-5-9-15-12/h1-3,6-7,12,15H,4-5,8-10H2. The smallest absolute Gasteiger partial charge is 0.237 e. The molecule has 2 heterocycles. The number of benzene rings is 1. The Morgan fingerprint density at radius 1 is 1.26 bits per heavy atom. The number of piperidine rings is 1. The Morgan fingerprint density at radius 3 is 2.95 bits per heavy atom. The summed E-state index contributed by atoms with van der Waals surface area (Å²) in [5, 5.41) is 7.52. The monoisotopic (exact) mass is 275 g/mol. The van der Waals surface area contributed by atoms with Crippen LogP contribution in [-0.4, -0.2) is 16.7 Å². The molecule has 0 bridgehead atoms. The Morgan fingerprint density at radius 2 is 2.16 bits per heavy atom. The van der Waals surface area contributed by atoms with Crippen LogP contribution in [0.2, 0.25) is 0 Å². The van der Waals surface area contributed by atoms with Gasteiger partial charge in [0.25, 0.3) is 0 Å². The van der Waals surface area contributed by atoms with Crippen LogP contribution in [0.5, 0.6) is 0 Å². The van der Waals surface area contributed by atoms with Crippen LogP contribution in [0.4, 0.5) is 0 Å². The average molecular weight is 275 g/mol. The molecule has 1 fully saturated rings. The molecule has 0 amide bonds. The van der Waals surface area contributed by atoms with Crippen molar-refractivity contribution in [1.29, 1.82) is 0 Å². The zero-order valence-corrected chi connectivity index (χ0v) is 11.5. The van der Waals surface area contributed by atoms with Crippen molar-refractivity contribution >= 4 is 11.8 Å². The summed E-state index contributed by atoms with van der Waals surface area (Å²) < 4.78 is 5.32. The first-order chi connectivity index (χ1) is 9.42. The van der Waals surface area contributed by atoms with E-state index in [0.717, 1.165) is 24.5 Å². The predicted molar refractivity (Wildman–Crippen MR) is 74.9 cm³/mol. The Kier molecular flexibility index (Phi) is 4.15. The van der Waals surface area contributed by atoms with Gasteiger partial charge in [0, 0.05) is 4.90 Å². The largest absolute Gasteiger partial charge is 0.338 e. The molecular weight excluding hydrogens is 258 g/mol. The van der Waals surface area contributed by atoms with E-state index in [4.69, 9.17) is 4.52 Å². The molecule has 2 aromatic rings. The molecule has 4 nitrogen and oxygen atoms in total. The molecule has 3 rings (SSSR count). The van der Waals surface area contributed by atoms with Crippen molar-refractivity contribution in [3.05, 3.63) is 42.0 Å². The zero-order valence-electron chi connectivity index (χ0n) is 10.7. The normalized spacial score (nSPS) is 19.5. The minimum atomic E-state index is 0.271. The van der Waals surface area contributed by atoms with Crippen molar-refractivity contribution in [2.45, 2.75) is 36.0 Å². The fourth-order valence-corrected chi connectivity index (χ4v) is 2.96. The molecule has 0 spiro atoms. The van der Waals surface area contributed by atoms with Crippen LogP contribution in [0.3, 0.4) is 0 Å². The van der Waals surface area contributed by atoms with Crippen LogP contribution in [0.25, 0.3) is 0 Å². The van der Waals surface area contributed by atoms with Gasteiger partial charge < -0.3 is 9.84 Å². The number of nitrogens with zero attached hydrogens (tertiary/aromatic N) is 2. The predicted octanol–water partition coefficient (Wildman–Crippen LogP) is 3.18. The van der Waals surface area contributed by atoms with Crippen molar-refractivity contribution in [1.82, 2.24) is 15.5 Å². The van der Waals surface area contributed by atoms with E-state index in [2.05, 4.69) is 27.6 Å². The van der Waals surface area contributed by atoms with E-state index in [9.17, 15) is 0 Å². The van der Waals surface area contributed by atoms with Crippen molar-refractivity contribution in [2.75, 3.05) is 6.54 Å². The molecule has 5 heteroatoms. The fraction of sp³-hybridized carbons (Fsp3) is 0.429. The van der Waals surface area contributed by atoms with Crippen LogP contribution in [0.15, 0.2) is 39.8 Å². The molecule has 19 heavy (non-hydrogen) atoms. The Balaban J connectivity index is 1.58. The highest BCUT2D eigenvalue weighted by molar-refractivity contribution is 7.98. The highest BCUT2D eigenvalue weighted by Crippen LogP contribution is 2.24. The fourth-order valence-electron chi connectivity index (χ4n) is 2.20. The van der Waals surface area contributed by atoms with Gasteiger partial charge in [-0.3, -0.25) is 0 Å². The third-order valence-corrected chi connectivity index (χ3v) is 4.21. The highest BCUT2D eigenvalue weighted by atomic mass is 32.2. The number of nitrogens with one attached hydrogen (secondary N) is 1. The lowest BCUT2D eigenvalue weighted by Crippen LogP contribution is -2.27. The van der Waals surface area contributed by atoms with Gasteiger partial charge in [-0.2, -0.15) is 4.98 Å². The first-order valence-electron chi connectivity index (χ1n) is 6.65. The molecule has 1 aliphatic heterocycles. The first-order valence-corrected chi connectivity index (χ1v) is 7.64. The summed E-state index contributed by atoms with van der Waals surface area (Å²) in [5.74, 6) is 2.24. The van der Waals surface area contributed by atoms with E-state index in [1.54, 1.807) is 11.8 Å². The summed E-state index contributed by atoms with van der Waals surface area (Å²) in [4.78, 5) is 5.71. The summed E-state index contributed by atoms with van der Waals surface area (Å²) in [6.07, 6.45) is 3.58. The van der Waals surface area contributed by atoms with Crippen molar-refractivity contribution < 1.29 is 4.52 Å². The molecule has 0 aliphatic carbocycles. The number of hydrogen-bond acceptors (Lipinski definition) is 5. The lowest BCUT2D eigenvalue weighted by Gasteiger charge is -2.19. The van der Waals surface area contributed by atoms with Gasteiger partial charge in [0.05, 0.1) is 11.8 Å². The molecule has 1 atom stereocenters. The second-order valence-electron chi connectivity index (χ2n) is 4.65. The summed E-state index contributed by atoms with van der Waals surface area (Å²) in [6, 6.07) is 10.5. The molecular formula is C14H17N3OS. The SMILES string of the molecule is c1ccc(SCc2nc(C3CCCCN3)no2)cc1. The van der Waals surface area contributed by atoms with Gasteiger partial charge in [-0.1, -0.05) is 29.8 Å². The van der Waals surface area contributed by atoms with Crippen molar-refractivity contribution in [2.24, 2.45) is 0 Å². The lowest BCUT2D eigenvalue weighted by molar-refractivity contribution is 0.354. The van der Waals surface area contributed by atoms with E-state index in [0.29, 0.717) is 5.89 Å². The zero-order chi connectivity index (χ0) is 12.9. The van der Waals surface area contributed by atoms with E-state index in [1.165, 1.54) is 17.7 Å². The first kappa shape index (κ1) is 12.7. The van der Waals surface area contributed by atoms with Crippen LogP contribution in [0, 0.1) is 0 Å². The van der Waals surface area contributed by atoms with Gasteiger partial charge in [0.2, 0.25) is 5.89 Å². The number of rotatable bonds is 4. The van der Waals surface area contributed by atoms with E-state index >= 15 is 0 Å². The number of thioether (sulfide) groups is 1. The minimum Gasteiger partial charge on any atom is -0.338 e. The lowest BCUT2D eigenvalue weighted by atomic mass is 10.0. The summed E-state index contributed by atoms with van der Waals surface area (Å²) in [5.41, 5.74) is 0. The number of hydrogen-bond donors (Lipinski definition) is 1. The van der Waals surface area contributed by atoms with Gasteiger partial charge in [-0.15, -0.1) is 11.8 Å². The second kappa shape index (κ2) is 6.21. The highest BCUT2D eigenvalue weighted by Gasteiger charge is 2.20. The molecule has 1 saturated heterocycles. The van der Waals surface area contributed by atoms with Crippen molar-refractivity contribution in [3.63, 3.8) is 0 Å². The molecule has 100 valence electrons. The molecule has 1 aliphatic rings. The average Bonchev–Trinajstić information content (AvgIpc) is 2.96. The molecule has 1 unspecified atom stereocenters. The van der Waals surface area contributed by atoms with Crippen LogP contribution in [-0.2, 0) is 5.75 Å². The Labute approximate surface area is 117 Å². The molecule has 1 aromatic carbocycles. The molecule has 0 radical (unpaired) electrons. The van der Waals surface area contributed by atoms with E-state index in [1.807, 2.05) is 18.2 Å². The maximum absolute atomic E-state index is 5.32. The third-order valence-electron chi connectivity index (χ3n) is 3.21. The van der Waals surface area contributed by atoms with Crippen LogP contribution >= 0.6 is 11.8 Å². The molecule has 0 saturated carbocycles. The molecule has 1 aromatic heterocycles. The van der Waals surface area contributed by atoms with Gasteiger partial charge >= 0.3 is 0 Å². The minimum absolute atomic E-state index is 0.271. The van der Waals surface area contributed by atoms with Gasteiger partial charge in [-0.25, -0.2) is 0 Å². The summed E-state index contributed by atoms with van der Waals surface area (Å²) >= 11 is 1.72. The summed E-state index contributed by atoms with van der Waals surface area (Å²) in [6.45, 7) is 1.05. The van der Waals surface area contributed by atoms with E-state index < -0.39 is 0 Å². The van der Waals surface area contributed by atoms with Crippen molar-refractivity contribution in [3.8, 4) is 0 Å². The maximum Gasteiger partial charge on any atom is 0.237 e. The van der Waals surface area contributed by atoms with Gasteiger partial charge in [-0.05, 0) is 31.5 Å². The topological polar surface area (TPSA) is 51.0 Å². The maximum atomic E-state index is 5.32. The Bertz CT molecular complexity index is 508. The van der Waals surface area contributed by atoms with Crippen LogP contribution in [0.1, 0.15) is 37.0 Å². The van der Waals surface area contributed by atoms with Gasteiger partial charge in [0.1, 0.15) is 0 Å². The Hall–Kier alpha value is -1.33. The van der Waals surface area contributed by atoms with Gasteiger partial charge in [0.15, 0.2) is 5.82 Å². The third kappa shape index (κ3) is 3.36. The quantitative estimate of drug-likeness (QED) is 0.869. The second-order valence-corrected chi connectivity index (χ2v) is 5.70. The van der Waals surface area contributed by atoms with E-state index in [-0.39, 0.29) is 6.04 Å². The summed E-state index contributed by atoms with van der Waals surface area (Å²) in [7, 11) is 0.